The Labute approximate surface area is 256 Å². The largest absolute Gasteiger partial charge is 3.00 e. The molecule has 0 aliphatic rings. The molecule has 0 unspecified atom stereocenters. The van der Waals surface area contributed by atoms with Gasteiger partial charge in [-0.1, -0.05) is 108 Å². The van der Waals surface area contributed by atoms with E-state index in [1.807, 2.05) is 6.07 Å². The fourth-order valence-electron chi connectivity index (χ4n) is 4.01. The van der Waals surface area contributed by atoms with Crippen LogP contribution in [-0.4, -0.2) is 15.2 Å². The van der Waals surface area contributed by atoms with E-state index in [4.69, 9.17) is 0 Å². The van der Waals surface area contributed by atoms with E-state index in [0.717, 1.165) is 15.2 Å². The van der Waals surface area contributed by atoms with Gasteiger partial charge in [-0.25, -0.2) is 0 Å². The van der Waals surface area contributed by atoms with E-state index in [0.29, 0.717) is 0 Å². The van der Waals surface area contributed by atoms with Gasteiger partial charge in [0.05, 0.1) is 0 Å². The molecule has 0 saturated carbocycles. The van der Waals surface area contributed by atoms with Gasteiger partial charge in [0.1, 0.15) is 0 Å². The topological polar surface area (TPSA) is 0 Å². The molecular formula is C34H33AlNd. The summed E-state index contributed by atoms with van der Waals surface area (Å²) in [5.41, 5.74) is 6.49. The first-order valence-electron chi connectivity index (χ1n) is 11.9. The molecule has 0 fully saturated rings. The monoisotopic (exact) mass is 610 g/mol. The van der Waals surface area contributed by atoms with Crippen LogP contribution in [-0.2, 0) is 0 Å². The molecule has 176 valence electrons. The van der Waals surface area contributed by atoms with Gasteiger partial charge in [-0.2, -0.15) is 0 Å². The summed E-state index contributed by atoms with van der Waals surface area (Å²) in [7, 11) is 0. The maximum Gasteiger partial charge on any atom is 3.00 e. The Balaban J connectivity index is 0.000000218. The van der Waals surface area contributed by atoms with Crippen LogP contribution in [0, 0.1) is 55.2 Å². The molecule has 0 N–H and O–H groups in total. The molecule has 0 aromatic heterocycles. The Morgan fingerprint density at radius 3 is 1.36 bits per heavy atom. The van der Waals surface area contributed by atoms with Crippen molar-refractivity contribution in [2.45, 2.75) is 18.5 Å². The summed E-state index contributed by atoms with van der Waals surface area (Å²) in [4.78, 5) is 0. The molecule has 0 atom stereocenters. The molecule has 2 radical (unpaired) electrons. The third-order valence-electron chi connectivity index (χ3n) is 5.73. The first-order chi connectivity index (χ1) is 16.7. The average Bonchev–Trinajstić information content (AvgIpc) is 3.50. The molecule has 0 heterocycles. The van der Waals surface area contributed by atoms with E-state index in [2.05, 4.69) is 140 Å². The smallest absolute Gasteiger partial charge is 0.358 e. The summed E-state index contributed by atoms with van der Waals surface area (Å²) < 4.78 is 0. The maximum atomic E-state index is 2.25. The van der Waals surface area contributed by atoms with E-state index in [1.54, 1.807) is 0 Å². The Morgan fingerprint density at radius 2 is 0.917 bits per heavy atom. The van der Waals surface area contributed by atoms with E-state index < -0.39 is 0 Å². The Bertz CT molecular complexity index is 1370. The Morgan fingerprint density at radius 1 is 0.528 bits per heavy atom. The second-order valence-electron chi connectivity index (χ2n) is 8.56. The molecule has 6 aromatic rings. The first-order valence-corrected chi connectivity index (χ1v) is 14.2. The second-order valence-corrected chi connectivity index (χ2v) is 9.71. The predicted octanol–water partition coefficient (Wildman–Crippen LogP) is 10.00. The molecule has 36 heavy (non-hydrogen) atoms. The van der Waals surface area contributed by atoms with Crippen LogP contribution in [0.1, 0.15) is 5.56 Å². The maximum absolute atomic E-state index is 2.25. The van der Waals surface area contributed by atoms with E-state index in [9.17, 15) is 0 Å². The van der Waals surface area contributed by atoms with Crippen molar-refractivity contribution >= 4 is 36.8 Å². The first kappa shape index (κ1) is 30.2. The zero-order valence-electron chi connectivity index (χ0n) is 21.7. The quantitative estimate of drug-likeness (QED) is 0.135. The van der Waals surface area contributed by atoms with Crippen molar-refractivity contribution in [2.24, 2.45) is 0 Å². The van der Waals surface area contributed by atoms with Crippen molar-refractivity contribution in [2.75, 3.05) is 0 Å². The van der Waals surface area contributed by atoms with Crippen molar-refractivity contribution in [1.82, 2.24) is 0 Å². The number of rotatable bonds is 2. The van der Waals surface area contributed by atoms with Gasteiger partial charge in [-0.3, -0.25) is 0 Å². The Kier molecular flexibility index (Phi) is 12.8. The van der Waals surface area contributed by atoms with Crippen LogP contribution in [0.4, 0.5) is 0 Å². The molecular weight excluding hydrogens is 580 g/mol. The normalized spacial score (nSPS) is 9.64. The molecule has 0 spiro atoms. The number of hydrogen-bond donors (Lipinski definition) is 0. The van der Waals surface area contributed by atoms with Gasteiger partial charge < -0.3 is 7.43 Å². The minimum absolute atomic E-state index is 0. The SMILES string of the molecule is Cc1ccc(-c2cc3ccccc3[cH-]2)cc1.[CH3-].[CH3][Al][CH3].[Nd+3].c1ccc(-c2cc3ccccc3[cH-]2)cc1. The van der Waals surface area contributed by atoms with E-state index in [1.165, 1.54) is 49.4 Å². The standard InChI is InChI=1S/C16H13.C15H11.3CH3.Al.Nd/c1-12-6-8-13(9-7-12)16-10-14-4-2-3-5-15(14)11-16;1-2-6-12(7-3-1)15-10-13-8-4-5-9-14(13)11-15;;;;;/h2-11H,1H3;1-11H;3*1H3;;/q2*-1;;;-1;;+3. The van der Waals surface area contributed by atoms with E-state index >= 15 is 0 Å². The van der Waals surface area contributed by atoms with Gasteiger partial charge in [0.2, 0.25) is 0 Å². The summed E-state index contributed by atoms with van der Waals surface area (Å²) in [5.74, 6) is 4.42. The van der Waals surface area contributed by atoms with Crippen molar-refractivity contribution in [3.05, 3.63) is 140 Å². The number of hydrogen-bond acceptors (Lipinski definition) is 0. The minimum atomic E-state index is 0. The molecule has 0 saturated heterocycles. The Hall–Kier alpha value is -2.02. The summed E-state index contributed by atoms with van der Waals surface area (Å²) in [6.45, 7) is 2.12. The van der Waals surface area contributed by atoms with Crippen LogP contribution in [0.15, 0.2) is 127 Å². The molecule has 2 heteroatoms. The van der Waals surface area contributed by atoms with Gasteiger partial charge in [0.25, 0.3) is 0 Å². The zero-order chi connectivity index (χ0) is 23.8. The molecule has 0 aliphatic carbocycles. The molecule has 0 nitrogen and oxygen atoms in total. The molecule has 0 amide bonds. The van der Waals surface area contributed by atoms with Crippen LogP contribution in [0.2, 0.25) is 11.6 Å². The number of benzene rings is 4. The summed E-state index contributed by atoms with van der Waals surface area (Å²) in [5, 5.41) is 5.27. The average molecular weight is 613 g/mol. The van der Waals surface area contributed by atoms with E-state index in [-0.39, 0.29) is 48.3 Å². The number of aryl methyl sites for hydroxylation is 1. The van der Waals surface area contributed by atoms with Crippen LogP contribution >= 0.6 is 0 Å². The fourth-order valence-corrected chi connectivity index (χ4v) is 4.01. The molecule has 6 aromatic carbocycles. The molecule has 0 aliphatic heterocycles. The van der Waals surface area contributed by atoms with Gasteiger partial charge in [0.15, 0.2) is 15.2 Å². The number of fused-ring (bicyclic) bond motifs is 2. The second kappa shape index (κ2) is 15.3. The summed E-state index contributed by atoms with van der Waals surface area (Å²) >= 11 is 0.750. The third kappa shape index (κ3) is 7.99. The van der Waals surface area contributed by atoms with Gasteiger partial charge in [-0.05, 0) is 6.92 Å². The van der Waals surface area contributed by atoms with Crippen molar-refractivity contribution in [3.8, 4) is 22.3 Å². The van der Waals surface area contributed by atoms with Crippen molar-refractivity contribution in [3.63, 3.8) is 0 Å². The van der Waals surface area contributed by atoms with Crippen LogP contribution in [0.5, 0.6) is 0 Å². The predicted molar refractivity (Wildman–Crippen MR) is 159 cm³/mol. The summed E-state index contributed by atoms with van der Waals surface area (Å²) in [6, 6.07) is 45.1. The van der Waals surface area contributed by atoms with Gasteiger partial charge >= 0.3 is 40.8 Å². The zero-order valence-corrected chi connectivity index (χ0v) is 26.1. The van der Waals surface area contributed by atoms with Gasteiger partial charge in [0, 0.05) is 0 Å². The molecule has 6 rings (SSSR count). The van der Waals surface area contributed by atoms with Crippen LogP contribution in [0.25, 0.3) is 43.8 Å². The fraction of sp³-hybridized carbons (Fsp3) is 0.0882. The van der Waals surface area contributed by atoms with Crippen LogP contribution in [0.3, 0.4) is 0 Å². The summed E-state index contributed by atoms with van der Waals surface area (Å²) in [6.07, 6.45) is 0. The van der Waals surface area contributed by atoms with Crippen LogP contribution < -0.4 is 0 Å². The van der Waals surface area contributed by atoms with Crippen molar-refractivity contribution < 1.29 is 40.8 Å². The molecule has 0 bridgehead atoms. The third-order valence-corrected chi connectivity index (χ3v) is 5.73. The van der Waals surface area contributed by atoms with Gasteiger partial charge in [-0.15, -0.1) is 80.6 Å². The minimum Gasteiger partial charge on any atom is -0.358 e. The van der Waals surface area contributed by atoms with Crippen molar-refractivity contribution in [1.29, 1.82) is 0 Å².